The molecule has 1 aliphatic heterocycles. The summed E-state index contributed by atoms with van der Waals surface area (Å²) < 4.78 is 0. The van der Waals surface area contributed by atoms with Gasteiger partial charge in [0.15, 0.2) is 0 Å². The van der Waals surface area contributed by atoms with Crippen LogP contribution in [0.1, 0.15) is 46.5 Å². The molecule has 1 unspecified atom stereocenters. The Morgan fingerprint density at radius 2 is 1.93 bits per heavy atom. The molecule has 2 aliphatic rings. The summed E-state index contributed by atoms with van der Waals surface area (Å²) in [6.45, 7) is 10.7. The first kappa shape index (κ1) is 11.4. The Labute approximate surface area is 94.2 Å². The van der Waals surface area contributed by atoms with E-state index in [0.29, 0.717) is 16.9 Å². The molecule has 2 heteroatoms. The molecule has 88 valence electrons. The SMILES string of the molecule is CC1(CNCC2NCCCC2(C)C)CC1. The van der Waals surface area contributed by atoms with Crippen LogP contribution in [0.4, 0.5) is 0 Å². The number of hydrogen-bond donors (Lipinski definition) is 2. The molecule has 0 aromatic rings. The van der Waals surface area contributed by atoms with Crippen LogP contribution in [0.2, 0.25) is 0 Å². The van der Waals surface area contributed by atoms with Gasteiger partial charge in [0.2, 0.25) is 0 Å². The summed E-state index contributed by atoms with van der Waals surface area (Å²) in [5.41, 5.74) is 1.11. The Kier molecular flexibility index (Phi) is 3.09. The van der Waals surface area contributed by atoms with Crippen LogP contribution in [0.15, 0.2) is 0 Å². The lowest BCUT2D eigenvalue weighted by atomic mass is 9.77. The van der Waals surface area contributed by atoms with E-state index < -0.39 is 0 Å². The third-order valence-corrected chi connectivity index (χ3v) is 4.34. The second kappa shape index (κ2) is 4.06. The van der Waals surface area contributed by atoms with E-state index in [1.54, 1.807) is 0 Å². The van der Waals surface area contributed by atoms with E-state index in [2.05, 4.69) is 31.4 Å². The molecular formula is C13H26N2. The quantitative estimate of drug-likeness (QED) is 0.743. The predicted octanol–water partition coefficient (Wildman–Crippen LogP) is 2.15. The lowest BCUT2D eigenvalue weighted by molar-refractivity contribution is 0.174. The molecule has 1 saturated heterocycles. The van der Waals surface area contributed by atoms with Crippen LogP contribution >= 0.6 is 0 Å². The summed E-state index contributed by atoms with van der Waals surface area (Å²) in [5.74, 6) is 0. The van der Waals surface area contributed by atoms with Gasteiger partial charge in [0.25, 0.3) is 0 Å². The maximum Gasteiger partial charge on any atom is 0.0243 e. The zero-order chi connectivity index (χ0) is 10.9. The minimum absolute atomic E-state index is 0.468. The number of nitrogens with one attached hydrogen (secondary N) is 2. The molecule has 15 heavy (non-hydrogen) atoms. The molecule has 0 spiro atoms. The summed E-state index contributed by atoms with van der Waals surface area (Å²) in [6.07, 6.45) is 5.54. The average molecular weight is 210 g/mol. The fourth-order valence-corrected chi connectivity index (χ4v) is 2.53. The van der Waals surface area contributed by atoms with Crippen molar-refractivity contribution in [3.63, 3.8) is 0 Å². The Morgan fingerprint density at radius 1 is 1.20 bits per heavy atom. The molecule has 1 atom stereocenters. The monoisotopic (exact) mass is 210 g/mol. The molecule has 2 nitrogen and oxygen atoms in total. The number of rotatable bonds is 4. The molecule has 2 N–H and O–H groups in total. The van der Waals surface area contributed by atoms with Gasteiger partial charge in [0, 0.05) is 19.1 Å². The van der Waals surface area contributed by atoms with Crippen molar-refractivity contribution in [1.29, 1.82) is 0 Å². The third kappa shape index (κ3) is 2.94. The van der Waals surface area contributed by atoms with E-state index in [4.69, 9.17) is 0 Å². The highest BCUT2D eigenvalue weighted by Crippen LogP contribution is 2.44. The van der Waals surface area contributed by atoms with Gasteiger partial charge in [0.1, 0.15) is 0 Å². The van der Waals surface area contributed by atoms with Crippen LogP contribution in [0.25, 0.3) is 0 Å². The summed E-state index contributed by atoms with van der Waals surface area (Å²) in [5, 5.41) is 7.30. The largest absolute Gasteiger partial charge is 0.315 e. The maximum absolute atomic E-state index is 3.65. The number of hydrogen-bond acceptors (Lipinski definition) is 2. The Morgan fingerprint density at radius 3 is 2.53 bits per heavy atom. The van der Waals surface area contributed by atoms with E-state index in [-0.39, 0.29) is 0 Å². The highest BCUT2D eigenvalue weighted by molar-refractivity contribution is 4.93. The third-order valence-electron chi connectivity index (χ3n) is 4.34. The lowest BCUT2D eigenvalue weighted by Gasteiger charge is -2.39. The van der Waals surface area contributed by atoms with E-state index in [0.717, 1.165) is 6.54 Å². The van der Waals surface area contributed by atoms with Gasteiger partial charge >= 0.3 is 0 Å². The van der Waals surface area contributed by atoms with E-state index in [1.807, 2.05) is 0 Å². The van der Waals surface area contributed by atoms with Crippen molar-refractivity contribution in [3.8, 4) is 0 Å². The van der Waals surface area contributed by atoms with Crippen LogP contribution in [0.3, 0.4) is 0 Å². The minimum Gasteiger partial charge on any atom is -0.315 e. The van der Waals surface area contributed by atoms with Crippen molar-refractivity contribution in [2.24, 2.45) is 10.8 Å². The summed E-state index contributed by atoms with van der Waals surface area (Å²) >= 11 is 0. The second-order valence-corrected chi connectivity index (χ2v) is 6.54. The standard InChI is InChI=1S/C13H26N2/c1-12(2)5-4-8-15-11(12)9-14-10-13(3)6-7-13/h11,14-15H,4-10H2,1-3H3. The van der Waals surface area contributed by atoms with Crippen LogP contribution in [0, 0.1) is 10.8 Å². The molecule has 0 amide bonds. The van der Waals surface area contributed by atoms with Gasteiger partial charge in [-0.1, -0.05) is 20.8 Å². The van der Waals surface area contributed by atoms with Crippen LogP contribution in [0.5, 0.6) is 0 Å². The molecule has 1 saturated carbocycles. The zero-order valence-corrected chi connectivity index (χ0v) is 10.5. The fraction of sp³-hybridized carbons (Fsp3) is 1.00. The first-order valence-electron chi connectivity index (χ1n) is 6.46. The van der Waals surface area contributed by atoms with Gasteiger partial charge in [0.05, 0.1) is 0 Å². The maximum atomic E-state index is 3.65. The first-order chi connectivity index (χ1) is 7.02. The highest BCUT2D eigenvalue weighted by atomic mass is 15.0. The molecule has 0 bridgehead atoms. The van der Waals surface area contributed by atoms with E-state index in [9.17, 15) is 0 Å². The fourth-order valence-electron chi connectivity index (χ4n) is 2.53. The van der Waals surface area contributed by atoms with Crippen LogP contribution in [-0.2, 0) is 0 Å². The molecule has 1 aliphatic carbocycles. The smallest absolute Gasteiger partial charge is 0.0243 e. The van der Waals surface area contributed by atoms with Gasteiger partial charge in [-0.05, 0) is 43.1 Å². The van der Waals surface area contributed by atoms with Crippen molar-refractivity contribution in [3.05, 3.63) is 0 Å². The van der Waals surface area contributed by atoms with Gasteiger partial charge in [-0.2, -0.15) is 0 Å². The number of piperidine rings is 1. The molecular weight excluding hydrogens is 184 g/mol. The van der Waals surface area contributed by atoms with Crippen molar-refractivity contribution >= 4 is 0 Å². The van der Waals surface area contributed by atoms with E-state index in [1.165, 1.54) is 38.8 Å². The molecule has 2 fully saturated rings. The topological polar surface area (TPSA) is 24.1 Å². The van der Waals surface area contributed by atoms with Gasteiger partial charge < -0.3 is 10.6 Å². The minimum atomic E-state index is 0.468. The molecule has 0 aromatic carbocycles. The summed E-state index contributed by atoms with van der Waals surface area (Å²) in [6, 6.07) is 0.661. The Hall–Kier alpha value is -0.0800. The van der Waals surface area contributed by atoms with Crippen LogP contribution in [-0.4, -0.2) is 25.7 Å². The van der Waals surface area contributed by atoms with Crippen molar-refractivity contribution < 1.29 is 0 Å². The molecule has 0 radical (unpaired) electrons. The Bertz CT molecular complexity index is 219. The lowest BCUT2D eigenvalue weighted by Crippen LogP contribution is -2.52. The summed E-state index contributed by atoms with van der Waals surface area (Å²) in [7, 11) is 0. The van der Waals surface area contributed by atoms with Crippen molar-refractivity contribution in [1.82, 2.24) is 10.6 Å². The van der Waals surface area contributed by atoms with Crippen molar-refractivity contribution in [2.75, 3.05) is 19.6 Å². The predicted molar refractivity (Wildman–Crippen MR) is 65.0 cm³/mol. The molecule has 2 rings (SSSR count). The van der Waals surface area contributed by atoms with E-state index >= 15 is 0 Å². The van der Waals surface area contributed by atoms with Gasteiger partial charge in [-0.25, -0.2) is 0 Å². The summed E-state index contributed by atoms with van der Waals surface area (Å²) in [4.78, 5) is 0. The highest BCUT2D eigenvalue weighted by Gasteiger charge is 2.37. The second-order valence-electron chi connectivity index (χ2n) is 6.54. The van der Waals surface area contributed by atoms with Gasteiger partial charge in [-0.15, -0.1) is 0 Å². The van der Waals surface area contributed by atoms with Gasteiger partial charge in [-0.3, -0.25) is 0 Å². The normalized spacial score (nSPS) is 32.6. The Balaban J connectivity index is 1.72. The molecule has 0 aromatic heterocycles. The average Bonchev–Trinajstić information content (AvgIpc) is 2.87. The van der Waals surface area contributed by atoms with Crippen molar-refractivity contribution in [2.45, 2.75) is 52.5 Å². The zero-order valence-electron chi connectivity index (χ0n) is 10.5. The molecule has 1 heterocycles. The van der Waals surface area contributed by atoms with Crippen LogP contribution < -0.4 is 10.6 Å². The first-order valence-corrected chi connectivity index (χ1v) is 6.46.